The van der Waals surface area contributed by atoms with Crippen molar-refractivity contribution >= 4 is 38.0 Å². The van der Waals surface area contributed by atoms with E-state index in [1.807, 2.05) is 86.6 Å². The zero-order valence-electron chi connectivity index (χ0n) is 20.8. The fourth-order valence-electron chi connectivity index (χ4n) is 4.14. The number of aryl methyl sites for hydroxylation is 1. The Bertz CT molecular complexity index is 1410. The highest BCUT2D eigenvalue weighted by Crippen LogP contribution is 2.24. The van der Waals surface area contributed by atoms with Gasteiger partial charge < -0.3 is 4.90 Å². The van der Waals surface area contributed by atoms with Gasteiger partial charge in [-0.3, -0.25) is 4.79 Å². The molecule has 0 aliphatic heterocycles. The second-order valence-electron chi connectivity index (χ2n) is 8.95. The van der Waals surface area contributed by atoms with Crippen LogP contribution in [0, 0.1) is 6.92 Å². The van der Waals surface area contributed by atoms with Crippen LogP contribution in [-0.4, -0.2) is 36.6 Å². The fourth-order valence-corrected chi connectivity index (χ4v) is 6.51. The first-order valence-corrected chi connectivity index (χ1v) is 14.5. The van der Waals surface area contributed by atoms with Gasteiger partial charge >= 0.3 is 0 Å². The lowest BCUT2D eigenvalue weighted by molar-refractivity contribution is -0.132. The fraction of sp³-hybridized carbons (Fsp3) is 0.276. The number of hydrogen-bond donors (Lipinski definition) is 0. The van der Waals surface area contributed by atoms with Crippen LogP contribution < -0.4 is 0 Å². The molecule has 0 aliphatic rings. The topological polar surface area (TPSA) is 57.7 Å². The van der Waals surface area contributed by atoms with Crippen LogP contribution in [0.1, 0.15) is 35.1 Å². The average Bonchev–Trinajstić information content (AvgIpc) is 3.30. The first-order chi connectivity index (χ1) is 17.4. The minimum absolute atomic E-state index is 0.188. The van der Waals surface area contributed by atoms with Crippen LogP contribution in [0.3, 0.4) is 0 Å². The molecule has 188 valence electrons. The van der Waals surface area contributed by atoms with E-state index in [1.54, 1.807) is 28.4 Å². The van der Waals surface area contributed by atoms with Crippen LogP contribution in [0.4, 0.5) is 0 Å². The molecule has 0 fully saturated rings. The van der Waals surface area contributed by atoms with Gasteiger partial charge in [-0.1, -0.05) is 74.0 Å². The molecule has 0 radical (unpaired) electrons. The maximum absolute atomic E-state index is 13.7. The second-order valence-corrected chi connectivity index (χ2v) is 12.3. The van der Waals surface area contributed by atoms with E-state index in [0.717, 1.165) is 27.6 Å². The van der Waals surface area contributed by atoms with Gasteiger partial charge in [-0.25, -0.2) is 8.42 Å². The first kappa shape index (κ1) is 26.1. The van der Waals surface area contributed by atoms with E-state index in [4.69, 9.17) is 0 Å². The van der Waals surface area contributed by atoms with E-state index in [1.165, 1.54) is 9.18 Å². The van der Waals surface area contributed by atoms with Gasteiger partial charge in [0.05, 0.1) is 18.0 Å². The van der Waals surface area contributed by atoms with E-state index >= 15 is 0 Å². The molecule has 0 aliphatic carbocycles. The lowest BCUT2D eigenvalue weighted by Gasteiger charge is -2.27. The number of thiophene rings is 1. The lowest BCUT2D eigenvalue weighted by atomic mass is 10.1. The number of unbranched alkanes of at least 4 members (excludes halogenated alkanes) is 1. The Morgan fingerprint density at radius 3 is 2.28 bits per heavy atom. The summed E-state index contributed by atoms with van der Waals surface area (Å²) in [4.78, 5) is 17.9. The molecule has 0 spiro atoms. The van der Waals surface area contributed by atoms with Crippen molar-refractivity contribution in [1.29, 1.82) is 0 Å². The zero-order chi connectivity index (χ0) is 25.5. The van der Waals surface area contributed by atoms with Crippen LogP contribution in [0.25, 0.3) is 10.8 Å². The van der Waals surface area contributed by atoms with E-state index in [9.17, 15) is 13.2 Å². The van der Waals surface area contributed by atoms with Gasteiger partial charge in [0, 0.05) is 22.8 Å². The lowest BCUT2D eigenvalue weighted by Crippen LogP contribution is -2.42. The molecule has 0 N–H and O–H groups in total. The molecule has 0 saturated carbocycles. The molecule has 0 unspecified atom stereocenters. The summed E-state index contributed by atoms with van der Waals surface area (Å²) in [6, 6.07) is 26.7. The van der Waals surface area contributed by atoms with Crippen molar-refractivity contribution in [2.24, 2.45) is 0 Å². The Hall–Kier alpha value is -3.00. The Morgan fingerprint density at radius 2 is 1.58 bits per heavy atom. The van der Waals surface area contributed by atoms with Crippen molar-refractivity contribution in [3.8, 4) is 0 Å². The molecule has 1 amide bonds. The van der Waals surface area contributed by atoms with Crippen molar-refractivity contribution in [1.82, 2.24) is 9.21 Å². The predicted molar refractivity (Wildman–Crippen MR) is 147 cm³/mol. The molecular formula is C29H32N2O3S2. The van der Waals surface area contributed by atoms with Crippen LogP contribution in [-0.2, 0) is 27.9 Å². The number of nitrogens with zero attached hydrogens (tertiary/aromatic N) is 2. The van der Waals surface area contributed by atoms with Crippen LogP contribution in [0.15, 0.2) is 89.8 Å². The number of carbonyl (C=O) groups excluding carboxylic acids is 1. The number of amides is 1. The summed E-state index contributed by atoms with van der Waals surface area (Å²) in [6.45, 7) is 5.04. The molecule has 0 atom stereocenters. The van der Waals surface area contributed by atoms with E-state index in [-0.39, 0.29) is 17.3 Å². The van der Waals surface area contributed by atoms with Crippen molar-refractivity contribution in [2.45, 2.75) is 44.7 Å². The van der Waals surface area contributed by atoms with E-state index in [2.05, 4.69) is 0 Å². The van der Waals surface area contributed by atoms with E-state index < -0.39 is 10.0 Å². The number of rotatable bonds is 11. The number of fused-ring (bicyclic) bond motifs is 1. The summed E-state index contributed by atoms with van der Waals surface area (Å²) in [5, 5.41) is 1.84. The van der Waals surface area contributed by atoms with Crippen molar-refractivity contribution < 1.29 is 13.2 Å². The molecule has 1 heterocycles. The highest BCUT2D eigenvalue weighted by atomic mass is 32.2. The molecule has 0 saturated heterocycles. The standard InChI is InChI=1S/C29H32N2O3S2/c1-3-4-18-31(36(33,34)28-17-15-25-12-8-9-13-26(25)19-28)22-29(32)30(20-24-10-6-5-7-11-24)21-27-16-14-23(2)35-27/h5-17,19H,3-4,18,20-22H2,1-2H3. The van der Waals surface area contributed by atoms with Gasteiger partial charge in [-0.05, 0) is 53.9 Å². The average molecular weight is 521 g/mol. The minimum atomic E-state index is -3.85. The largest absolute Gasteiger partial charge is 0.332 e. The number of benzene rings is 3. The smallest absolute Gasteiger partial charge is 0.243 e. The van der Waals surface area contributed by atoms with Crippen molar-refractivity contribution in [3.63, 3.8) is 0 Å². The van der Waals surface area contributed by atoms with Crippen LogP contribution in [0.5, 0.6) is 0 Å². The molecule has 36 heavy (non-hydrogen) atoms. The number of sulfonamides is 1. The summed E-state index contributed by atoms with van der Waals surface area (Å²) >= 11 is 1.65. The summed E-state index contributed by atoms with van der Waals surface area (Å²) in [5.74, 6) is -0.203. The Labute approximate surface area is 218 Å². The molecule has 4 aromatic rings. The summed E-state index contributed by atoms with van der Waals surface area (Å²) < 4.78 is 28.8. The summed E-state index contributed by atoms with van der Waals surface area (Å²) in [6.07, 6.45) is 1.52. The van der Waals surface area contributed by atoms with Gasteiger partial charge in [0.2, 0.25) is 15.9 Å². The normalized spacial score (nSPS) is 11.8. The van der Waals surface area contributed by atoms with Gasteiger partial charge in [0.1, 0.15) is 0 Å². The van der Waals surface area contributed by atoms with Gasteiger partial charge in [-0.2, -0.15) is 4.31 Å². The quantitative estimate of drug-likeness (QED) is 0.236. The highest BCUT2D eigenvalue weighted by Gasteiger charge is 2.28. The number of carbonyl (C=O) groups is 1. The second kappa shape index (κ2) is 11.8. The molecule has 3 aromatic carbocycles. The van der Waals surface area contributed by atoms with Crippen LogP contribution in [0.2, 0.25) is 0 Å². The Morgan fingerprint density at radius 1 is 0.861 bits per heavy atom. The molecule has 0 bridgehead atoms. The molecule has 1 aromatic heterocycles. The third-order valence-corrected chi connectivity index (χ3v) is 8.97. The SMILES string of the molecule is CCCCN(CC(=O)N(Cc1ccccc1)Cc1ccc(C)s1)S(=O)(=O)c1ccc2ccccc2c1. The predicted octanol–water partition coefficient (Wildman–Crippen LogP) is 6.23. The minimum Gasteiger partial charge on any atom is -0.332 e. The maximum Gasteiger partial charge on any atom is 0.243 e. The summed E-state index contributed by atoms with van der Waals surface area (Å²) in [7, 11) is -3.85. The van der Waals surface area contributed by atoms with Gasteiger partial charge in [-0.15, -0.1) is 11.3 Å². The molecule has 7 heteroatoms. The Kier molecular flexibility index (Phi) is 8.56. The third-order valence-electron chi connectivity index (χ3n) is 6.14. The highest BCUT2D eigenvalue weighted by molar-refractivity contribution is 7.89. The third kappa shape index (κ3) is 6.40. The first-order valence-electron chi connectivity index (χ1n) is 12.2. The van der Waals surface area contributed by atoms with E-state index in [0.29, 0.717) is 26.1 Å². The number of hydrogen-bond acceptors (Lipinski definition) is 4. The molecule has 5 nitrogen and oxygen atoms in total. The molecular weight excluding hydrogens is 488 g/mol. The monoisotopic (exact) mass is 520 g/mol. The molecule has 4 rings (SSSR count). The Balaban J connectivity index is 1.61. The van der Waals surface area contributed by atoms with Crippen LogP contribution >= 0.6 is 11.3 Å². The maximum atomic E-state index is 13.7. The summed E-state index contributed by atoms with van der Waals surface area (Å²) in [5.41, 5.74) is 1.01. The van der Waals surface area contributed by atoms with Gasteiger partial charge in [0.15, 0.2) is 0 Å². The van der Waals surface area contributed by atoms with Crippen molar-refractivity contribution in [3.05, 3.63) is 100 Å². The van der Waals surface area contributed by atoms with Gasteiger partial charge in [0.25, 0.3) is 0 Å². The van der Waals surface area contributed by atoms with Crippen molar-refractivity contribution in [2.75, 3.05) is 13.1 Å². The zero-order valence-corrected chi connectivity index (χ0v) is 22.4.